The lowest BCUT2D eigenvalue weighted by molar-refractivity contribution is -0.348. The van der Waals surface area contributed by atoms with Crippen molar-refractivity contribution in [3.8, 4) is 0 Å². The van der Waals surface area contributed by atoms with Crippen LogP contribution in [0.5, 0.6) is 0 Å². The quantitative estimate of drug-likeness (QED) is 0.286. The van der Waals surface area contributed by atoms with E-state index in [0.717, 1.165) is 43.2 Å². The van der Waals surface area contributed by atoms with E-state index in [2.05, 4.69) is 4.90 Å². The van der Waals surface area contributed by atoms with Crippen molar-refractivity contribution in [2.45, 2.75) is 96.8 Å². The first-order valence-electron chi connectivity index (χ1n) is 15.6. The molecule has 1 amide bonds. The maximum absolute atomic E-state index is 15.1. The maximum Gasteiger partial charge on any atom is 0.435 e. The van der Waals surface area contributed by atoms with Crippen molar-refractivity contribution >= 4 is 15.7 Å². The van der Waals surface area contributed by atoms with Crippen molar-refractivity contribution in [1.82, 2.24) is 9.80 Å². The largest absolute Gasteiger partial charge is 0.435 e. The van der Waals surface area contributed by atoms with Crippen LogP contribution < -0.4 is 0 Å². The van der Waals surface area contributed by atoms with Crippen molar-refractivity contribution in [3.05, 3.63) is 65.0 Å². The molecule has 2 bridgehead atoms. The lowest BCUT2D eigenvalue weighted by atomic mass is 9.76. The number of halogens is 8. The molecule has 4 saturated heterocycles. The predicted molar refractivity (Wildman–Crippen MR) is 151 cm³/mol. The fourth-order valence-corrected chi connectivity index (χ4v) is 11.3. The summed E-state index contributed by atoms with van der Waals surface area (Å²) in [5.74, 6) is -1.34. The molecule has 1 unspecified atom stereocenters. The monoisotopic (exact) mass is 692 g/mol. The third-order valence-corrected chi connectivity index (χ3v) is 13.7. The Bertz CT molecular complexity index is 1650. The molecule has 4 fully saturated rings. The number of nitrogens with zero attached hydrogens (tertiary/aromatic N) is 2. The summed E-state index contributed by atoms with van der Waals surface area (Å²) in [5.41, 5.74) is -7.65. The highest BCUT2D eigenvalue weighted by Gasteiger charge is 2.74. The van der Waals surface area contributed by atoms with Crippen LogP contribution >= 0.6 is 0 Å². The Hall–Kier alpha value is -2.78. The molecule has 2 aromatic carbocycles. The van der Waals surface area contributed by atoms with Gasteiger partial charge in [-0.3, -0.25) is 9.69 Å². The van der Waals surface area contributed by atoms with Crippen molar-refractivity contribution in [1.29, 1.82) is 0 Å². The first-order chi connectivity index (χ1) is 22.0. The number of carbonyl (C=O) groups excluding carboxylic acids is 1. The average molecular weight is 693 g/mol. The first-order valence-corrected chi connectivity index (χ1v) is 17.1. The molecule has 5 atom stereocenters. The number of carbonyl (C=O) groups is 1. The van der Waals surface area contributed by atoms with Crippen molar-refractivity contribution in [2.24, 2.45) is 5.92 Å². The summed E-state index contributed by atoms with van der Waals surface area (Å²) in [5, 5.41) is 0. The van der Waals surface area contributed by atoms with Crippen LogP contribution in [-0.4, -0.2) is 80.4 Å². The molecular weight excluding hydrogens is 660 g/mol. The zero-order chi connectivity index (χ0) is 33.7. The standard InChI is InChI=1S/C32H32F8N2O4S/c33-21-3-7-25(8-4-21)47(44,45)29-11-12-41(28(43)19-14-22-5-6-23(15-19)42(22)24-16-46-17-24)27(29)10-1-18-13-20(2-9-26(18)29)30(34,31(35,36)37)32(38,39)40/h2-4,7-9,13,19,22-24,27H,1,5-6,10-12,14-17H2/t19?,22-,23+,27-,29-/m1/s1. The number of ether oxygens (including phenoxy) is 1. The normalized spacial score (nSPS) is 30.2. The second-order valence-electron chi connectivity index (χ2n) is 13.4. The van der Waals surface area contributed by atoms with E-state index in [1.54, 1.807) is 0 Å². The Kier molecular flexibility index (Phi) is 7.57. The highest BCUT2D eigenvalue weighted by Crippen LogP contribution is 2.57. The second-order valence-corrected chi connectivity index (χ2v) is 15.6. The molecule has 47 heavy (non-hydrogen) atoms. The summed E-state index contributed by atoms with van der Waals surface area (Å²) in [6, 6.07) is 5.25. The number of rotatable bonds is 5. The third kappa shape index (κ3) is 4.68. The Balaban J connectivity index is 1.29. The van der Waals surface area contributed by atoms with Crippen LogP contribution in [0.2, 0.25) is 0 Å². The average Bonchev–Trinajstić information content (AvgIpc) is 3.49. The van der Waals surface area contributed by atoms with Gasteiger partial charge in [0.15, 0.2) is 9.84 Å². The van der Waals surface area contributed by atoms with Gasteiger partial charge in [0.25, 0.3) is 0 Å². The van der Waals surface area contributed by atoms with Crippen molar-refractivity contribution in [3.63, 3.8) is 0 Å². The molecule has 4 aliphatic heterocycles. The first kappa shape index (κ1) is 32.8. The highest BCUT2D eigenvalue weighted by molar-refractivity contribution is 7.92. The van der Waals surface area contributed by atoms with Crippen LogP contribution in [0.4, 0.5) is 35.1 Å². The molecule has 256 valence electrons. The lowest BCUT2D eigenvalue weighted by Crippen LogP contribution is -2.58. The van der Waals surface area contributed by atoms with Crippen LogP contribution in [0.1, 0.15) is 55.2 Å². The van der Waals surface area contributed by atoms with E-state index < -0.39 is 50.0 Å². The van der Waals surface area contributed by atoms with Crippen LogP contribution in [0.3, 0.4) is 0 Å². The molecule has 0 aromatic heterocycles. The number of hydrogen-bond donors (Lipinski definition) is 0. The van der Waals surface area contributed by atoms with Crippen LogP contribution in [0, 0.1) is 11.7 Å². The minimum absolute atomic E-state index is 0.0186. The molecule has 2 aromatic rings. The summed E-state index contributed by atoms with van der Waals surface area (Å²) in [4.78, 5) is 17.9. The van der Waals surface area contributed by atoms with E-state index in [1.165, 1.54) is 4.90 Å². The van der Waals surface area contributed by atoms with Gasteiger partial charge in [-0.15, -0.1) is 0 Å². The molecule has 4 heterocycles. The number of hydrogen-bond acceptors (Lipinski definition) is 5. The highest BCUT2D eigenvalue weighted by atomic mass is 32.2. The van der Waals surface area contributed by atoms with Crippen LogP contribution in [0.15, 0.2) is 47.4 Å². The zero-order valence-corrected chi connectivity index (χ0v) is 25.8. The zero-order valence-electron chi connectivity index (χ0n) is 25.0. The maximum atomic E-state index is 15.1. The van der Waals surface area contributed by atoms with Crippen molar-refractivity contribution < 1.29 is 53.1 Å². The minimum Gasteiger partial charge on any atom is -0.378 e. The van der Waals surface area contributed by atoms with E-state index >= 15 is 4.39 Å². The van der Waals surface area contributed by atoms with Gasteiger partial charge in [0.1, 0.15) is 10.6 Å². The molecule has 0 saturated carbocycles. The summed E-state index contributed by atoms with van der Waals surface area (Å²) >= 11 is 0. The van der Waals surface area contributed by atoms with Gasteiger partial charge in [-0.25, -0.2) is 17.2 Å². The number of likely N-dealkylation sites (tertiary alicyclic amines) is 1. The van der Waals surface area contributed by atoms with E-state index in [-0.39, 0.29) is 65.7 Å². The second kappa shape index (κ2) is 10.9. The predicted octanol–water partition coefficient (Wildman–Crippen LogP) is 5.97. The van der Waals surface area contributed by atoms with Gasteiger partial charge in [0.2, 0.25) is 5.91 Å². The fourth-order valence-electron chi connectivity index (χ4n) is 8.96. The molecule has 0 radical (unpaired) electrons. The molecular formula is C32H32F8N2O4S. The molecule has 1 aliphatic carbocycles. The summed E-state index contributed by atoms with van der Waals surface area (Å²) in [7, 11) is -4.54. The van der Waals surface area contributed by atoms with E-state index in [9.17, 15) is 43.9 Å². The van der Waals surface area contributed by atoms with Gasteiger partial charge in [0.05, 0.1) is 30.2 Å². The summed E-state index contributed by atoms with van der Waals surface area (Å²) in [6.45, 7) is 1.26. The molecule has 0 N–H and O–H groups in total. The number of amides is 1. The number of piperidine rings is 1. The summed E-state index contributed by atoms with van der Waals surface area (Å²) < 4.78 is 143. The van der Waals surface area contributed by atoms with Gasteiger partial charge in [-0.2, -0.15) is 26.3 Å². The molecule has 15 heteroatoms. The van der Waals surface area contributed by atoms with Gasteiger partial charge >= 0.3 is 18.0 Å². The fraction of sp³-hybridized carbons (Fsp3) is 0.594. The van der Waals surface area contributed by atoms with Gasteiger partial charge in [-0.05, 0) is 80.3 Å². The van der Waals surface area contributed by atoms with E-state index in [0.29, 0.717) is 44.2 Å². The molecule has 6 nitrogen and oxygen atoms in total. The lowest BCUT2D eigenvalue weighted by Gasteiger charge is -2.47. The third-order valence-electron chi connectivity index (χ3n) is 11.1. The number of aryl methyl sites for hydroxylation is 1. The summed E-state index contributed by atoms with van der Waals surface area (Å²) in [6.07, 6.45) is -10.1. The van der Waals surface area contributed by atoms with E-state index in [1.807, 2.05) is 0 Å². The van der Waals surface area contributed by atoms with Crippen LogP contribution in [-0.2, 0) is 36.2 Å². The van der Waals surface area contributed by atoms with Crippen molar-refractivity contribution in [2.75, 3.05) is 19.8 Å². The SMILES string of the molecule is O=C(C1C[C@H]2CC[C@@H](C1)N2C1COC1)N1CC[C@@]2(S(=O)(=O)c3ccc(F)cc3)c3ccc(C(F)(C(F)(F)F)C(F)(F)F)cc3CC[C@@H]12. The van der Waals surface area contributed by atoms with Gasteiger partial charge in [0, 0.05) is 30.1 Å². The minimum atomic E-state index is -6.34. The molecule has 5 aliphatic rings. The Morgan fingerprint density at radius 2 is 1.47 bits per heavy atom. The number of benzene rings is 2. The topological polar surface area (TPSA) is 66.9 Å². The van der Waals surface area contributed by atoms with Gasteiger partial charge < -0.3 is 9.64 Å². The van der Waals surface area contributed by atoms with E-state index in [4.69, 9.17) is 4.74 Å². The molecule has 7 rings (SSSR count). The molecule has 0 spiro atoms. The number of alkyl halides is 7. The Labute approximate surface area is 266 Å². The van der Waals surface area contributed by atoms with Crippen LogP contribution in [0.25, 0.3) is 0 Å². The number of sulfone groups is 1. The Morgan fingerprint density at radius 3 is 2.02 bits per heavy atom. The Morgan fingerprint density at radius 1 is 0.851 bits per heavy atom. The number of fused-ring (bicyclic) bond motifs is 5. The smallest absolute Gasteiger partial charge is 0.378 e. The van der Waals surface area contributed by atoms with Gasteiger partial charge in [-0.1, -0.05) is 18.2 Å².